The first-order valence-electron chi connectivity index (χ1n) is 5.21. The standard InChI is InChI=1S/C13H13FOS/c14-11-4-1-3-10(9-11)13(15)7-6-12-5-2-8-16-12/h1-5,8-9,13,15H,6-7H2. The Balaban J connectivity index is 1.95. The highest BCUT2D eigenvalue weighted by Gasteiger charge is 2.08. The summed E-state index contributed by atoms with van der Waals surface area (Å²) in [4.78, 5) is 1.25. The fraction of sp³-hybridized carbons (Fsp3) is 0.231. The molecule has 1 nitrogen and oxygen atoms in total. The molecular formula is C13H13FOS. The Morgan fingerprint density at radius 2 is 2.12 bits per heavy atom. The van der Waals surface area contributed by atoms with Crippen molar-refractivity contribution in [1.29, 1.82) is 0 Å². The predicted octanol–water partition coefficient (Wildman–Crippen LogP) is 3.55. The van der Waals surface area contributed by atoms with Crippen LogP contribution in [0.1, 0.15) is 23.0 Å². The first kappa shape index (κ1) is 11.3. The van der Waals surface area contributed by atoms with Crippen LogP contribution in [0.25, 0.3) is 0 Å². The van der Waals surface area contributed by atoms with E-state index in [9.17, 15) is 9.50 Å². The van der Waals surface area contributed by atoms with Gasteiger partial charge in [-0.3, -0.25) is 0 Å². The smallest absolute Gasteiger partial charge is 0.123 e. The largest absolute Gasteiger partial charge is 0.388 e. The summed E-state index contributed by atoms with van der Waals surface area (Å²) < 4.78 is 12.9. The Morgan fingerprint density at radius 3 is 2.81 bits per heavy atom. The van der Waals surface area contributed by atoms with Gasteiger partial charge in [0.15, 0.2) is 0 Å². The molecule has 16 heavy (non-hydrogen) atoms. The van der Waals surface area contributed by atoms with Gasteiger partial charge in [0, 0.05) is 4.88 Å². The van der Waals surface area contributed by atoms with E-state index < -0.39 is 6.10 Å². The van der Waals surface area contributed by atoms with Gasteiger partial charge in [0.2, 0.25) is 0 Å². The zero-order chi connectivity index (χ0) is 11.4. The van der Waals surface area contributed by atoms with Crippen LogP contribution in [0.4, 0.5) is 4.39 Å². The van der Waals surface area contributed by atoms with Gasteiger partial charge in [0.1, 0.15) is 5.82 Å². The zero-order valence-corrected chi connectivity index (χ0v) is 9.58. The first-order valence-corrected chi connectivity index (χ1v) is 6.09. The van der Waals surface area contributed by atoms with Crippen LogP contribution in [0.3, 0.4) is 0 Å². The van der Waals surface area contributed by atoms with Crippen molar-refractivity contribution < 1.29 is 9.50 Å². The van der Waals surface area contributed by atoms with Crippen molar-refractivity contribution in [3.05, 3.63) is 58.0 Å². The molecule has 0 aliphatic rings. The second-order valence-electron chi connectivity index (χ2n) is 3.69. The van der Waals surface area contributed by atoms with Crippen molar-refractivity contribution in [2.75, 3.05) is 0 Å². The molecule has 0 saturated heterocycles. The van der Waals surface area contributed by atoms with Crippen molar-refractivity contribution >= 4 is 11.3 Å². The van der Waals surface area contributed by atoms with Crippen LogP contribution in [0.5, 0.6) is 0 Å². The van der Waals surface area contributed by atoms with Gasteiger partial charge in [-0.25, -0.2) is 4.39 Å². The Bertz CT molecular complexity index is 439. The van der Waals surface area contributed by atoms with Gasteiger partial charge < -0.3 is 5.11 Å². The number of benzene rings is 1. The van der Waals surface area contributed by atoms with Gasteiger partial charge in [-0.1, -0.05) is 18.2 Å². The lowest BCUT2D eigenvalue weighted by Gasteiger charge is -2.10. The van der Waals surface area contributed by atoms with E-state index in [0.29, 0.717) is 12.0 Å². The van der Waals surface area contributed by atoms with Gasteiger partial charge in [-0.2, -0.15) is 0 Å². The topological polar surface area (TPSA) is 20.2 Å². The minimum Gasteiger partial charge on any atom is -0.388 e. The number of aliphatic hydroxyl groups excluding tert-OH is 1. The van der Waals surface area contributed by atoms with E-state index >= 15 is 0 Å². The molecule has 1 unspecified atom stereocenters. The van der Waals surface area contributed by atoms with Crippen LogP contribution in [-0.4, -0.2) is 5.11 Å². The van der Waals surface area contributed by atoms with Crippen LogP contribution < -0.4 is 0 Å². The van der Waals surface area contributed by atoms with Crippen LogP contribution in [0, 0.1) is 5.82 Å². The van der Waals surface area contributed by atoms with E-state index in [0.717, 1.165) is 6.42 Å². The van der Waals surface area contributed by atoms with Gasteiger partial charge in [-0.05, 0) is 42.0 Å². The second-order valence-corrected chi connectivity index (χ2v) is 4.72. The lowest BCUT2D eigenvalue weighted by atomic mass is 10.0. The maximum atomic E-state index is 12.9. The monoisotopic (exact) mass is 236 g/mol. The van der Waals surface area contributed by atoms with Gasteiger partial charge in [0.05, 0.1) is 6.10 Å². The number of thiophene rings is 1. The van der Waals surface area contributed by atoms with E-state index in [1.165, 1.54) is 17.0 Å². The van der Waals surface area contributed by atoms with E-state index in [1.807, 2.05) is 17.5 Å². The molecule has 1 heterocycles. The molecule has 84 valence electrons. The predicted molar refractivity (Wildman–Crippen MR) is 64.0 cm³/mol. The van der Waals surface area contributed by atoms with Crippen molar-refractivity contribution in [3.8, 4) is 0 Å². The van der Waals surface area contributed by atoms with E-state index in [1.54, 1.807) is 23.5 Å². The highest BCUT2D eigenvalue weighted by molar-refractivity contribution is 7.09. The molecule has 0 aliphatic heterocycles. The van der Waals surface area contributed by atoms with Crippen LogP contribution in [0.2, 0.25) is 0 Å². The molecule has 1 N–H and O–H groups in total. The van der Waals surface area contributed by atoms with Crippen molar-refractivity contribution in [1.82, 2.24) is 0 Å². The molecule has 1 atom stereocenters. The lowest BCUT2D eigenvalue weighted by Crippen LogP contribution is -1.99. The normalized spacial score (nSPS) is 12.6. The Hall–Kier alpha value is -1.19. The highest BCUT2D eigenvalue weighted by Crippen LogP contribution is 2.21. The van der Waals surface area contributed by atoms with Crippen molar-refractivity contribution in [2.45, 2.75) is 18.9 Å². The summed E-state index contributed by atoms with van der Waals surface area (Å²) in [7, 11) is 0. The van der Waals surface area contributed by atoms with Crippen LogP contribution in [0.15, 0.2) is 41.8 Å². The van der Waals surface area contributed by atoms with Gasteiger partial charge in [-0.15, -0.1) is 11.3 Å². The number of hydrogen-bond acceptors (Lipinski definition) is 2. The average molecular weight is 236 g/mol. The highest BCUT2D eigenvalue weighted by atomic mass is 32.1. The minimum atomic E-state index is -0.585. The summed E-state index contributed by atoms with van der Waals surface area (Å²) in [6, 6.07) is 10.2. The molecule has 2 rings (SSSR count). The van der Waals surface area contributed by atoms with Crippen LogP contribution in [-0.2, 0) is 6.42 Å². The molecule has 2 aromatic rings. The number of aryl methyl sites for hydroxylation is 1. The Labute approximate surface area is 98.2 Å². The first-order chi connectivity index (χ1) is 7.75. The minimum absolute atomic E-state index is 0.298. The molecule has 0 amide bonds. The van der Waals surface area contributed by atoms with Crippen LogP contribution >= 0.6 is 11.3 Å². The molecule has 0 fully saturated rings. The van der Waals surface area contributed by atoms with Gasteiger partial charge >= 0.3 is 0 Å². The number of halogens is 1. The maximum absolute atomic E-state index is 12.9. The quantitative estimate of drug-likeness (QED) is 0.860. The van der Waals surface area contributed by atoms with Gasteiger partial charge in [0.25, 0.3) is 0 Å². The van der Waals surface area contributed by atoms with E-state index in [-0.39, 0.29) is 5.82 Å². The molecule has 1 aromatic heterocycles. The molecule has 0 bridgehead atoms. The molecule has 0 radical (unpaired) electrons. The Morgan fingerprint density at radius 1 is 1.25 bits per heavy atom. The molecule has 0 saturated carbocycles. The summed E-state index contributed by atoms with van der Waals surface area (Å²) in [5, 5.41) is 11.9. The SMILES string of the molecule is OC(CCc1cccs1)c1cccc(F)c1. The second kappa shape index (κ2) is 5.23. The number of hydrogen-bond donors (Lipinski definition) is 1. The summed E-state index contributed by atoms with van der Waals surface area (Å²) in [6.07, 6.45) is 0.872. The maximum Gasteiger partial charge on any atom is 0.123 e. The van der Waals surface area contributed by atoms with Crippen molar-refractivity contribution in [2.24, 2.45) is 0 Å². The summed E-state index contributed by atoms with van der Waals surface area (Å²) in [5.74, 6) is -0.298. The number of rotatable bonds is 4. The molecular weight excluding hydrogens is 223 g/mol. The molecule has 1 aromatic carbocycles. The summed E-state index contributed by atoms with van der Waals surface area (Å²) in [5.41, 5.74) is 0.650. The van der Waals surface area contributed by atoms with E-state index in [2.05, 4.69) is 0 Å². The fourth-order valence-corrected chi connectivity index (χ4v) is 2.34. The fourth-order valence-electron chi connectivity index (χ4n) is 1.61. The molecule has 0 spiro atoms. The Kier molecular flexibility index (Phi) is 3.70. The van der Waals surface area contributed by atoms with Crippen molar-refractivity contribution in [3.63, 3.8) is 0 Å². The third-order valence-electron chi connectivity index (χ3n) is 2.48. The third kappa shape index (κ3) is 2.90. The van der Waals surface area contributed by atoms with E-state index in [4.69, 9.17) is 0 Å². The number of aliphatic hydroxyl groups is 1. The molecule has 0 aliphatic carbocycles. The lowest BCUT2D eigenvalue weighted by molar-refractivity contribution is 0.167. The average Bonchev–Trinajstić information content (AvgIpc) is 2.78. The zero-order valence-electron chi connectivity index (χ0n) is 8.77. The third-order valence-corrected chi connectivity index (χ3v) is 3.41. The molecule has 3 heteroatoms. The summed E-state index contributed by atoms with van der Waals surface area (Å²) in [6.45, 7) is 0. The summed E-state index contributed by atoms with van der Waals surface area (Å²) >= 11 is 1.68.